The fraction of sp³-hybridized carbons (Fsp3) is 0.846. The van der Waals surface area contributed by atoms with Crippen molar-refractivity contribution in [1.29, 1.82) is 0 Å². The minimum absolute atomic E-state index is 0.0815. The smallest absolute Gasteiger partial charge is 0.308 e. The van der Waals surface area contributed by atoms with Gasteiger partial charge in [0.25, 0.3) is 0 Å². The Hall–Kier alpha value is -1.24. The first-order valence-corrected chi connectivity index (χ1v) is 12.5. The summed E-state index contributed by atoms with van der Waals surface area (Å²) in [4.78, 5) is 25.4. The lowest BCUT2D eigenvalue weighted by atomic mass is 9.89. The zero-order valence-corrected chi connectivity index (χ0v) is 20.4. The maximum absolute atomic E-state index is 12.8. The van der Waals surface area contributed by atoms with Crippen LogP contribution in [0.3, 0.4) is 0 Å². The van der Waals surface area contributed by atoms with Crippen LogP contribution in [0.1, 0.15) is 91.9 Å². The van der Waals surface area contributed by atoms with E-state index >= 15 is 0 Å². The lowest BCUT2D eigenvalue weighted by molar-refractivity contribution is -0.154. The quantitative estimate of drug-likeness (QED) is 0.488. The molecule has 0 aromatic heterocycles. The molecule has 2 N–H and O–H groups in total. The summed E-state index contributed by atoms with van der Waals surface area (Å²) in [5, 5.41) is 20.2. The van der Waals surface area contributed by atoms with Gasteiger partial charge in [0.1, 0.15) is 12.2 Å². The predicted octanol–water partition coefficient (Wildman–Crippen LogP) is 4.36. The molecular formula is C26H44O6. The van der Waals surface area contributed by atoms with Gasteiger partial charge in [-0.25, -0.2) is 0 Å². The van der Waals surface area contributed by atoms with Crippen LogP contribution >= 0.6 is 0 Å². The first kappa shape index (κ1) is 27.0. The summed E-state index contributed by atoms with van der Waals surface area (Å²) in [5.41, 5.74) is 0.820. The van der Waals surface area contributed by atoms with Crippen molar-refractivity contribution in [2.75, 3.05) is 0 Å². The lowest BCUT2D eigenvalue weighted by Crippen LogP contribution is -2.31. The topological polar surface area (TPSA) is 93.1 Å². The molecule has 0 aromatic carbocycles. The van der Waals surface area contributed by atoms with E-state index in [0.717, 1.165) is 37.7 Å². The van der Waals surface area contributed by atoms with Gasteiger partial charge in [-0.3, -0.25) is 9.59 Å². The third-order valence-corrected chi connectivity index (χ3v) is 7.02. The number of ketones is 1. The second-order valence-corrected chi connectivity index (χ2v) is 10.4. The van der Waals surface area contributed by atoms with Crippen LogP contribution in [0.2, 0.25) is 0 Å². The molecule has 6 nitrogen and oxygen atoms in total. The molecule has 0 spiro atoms. The molecule has 0 amide bonds. The van der Waals surface area contributed by atoms with E-state index in [1.807, 2.05) is 13.8 Å². The Balaban J connectivity index is 2.10. The van der Waals surface area contributed by atoms with Crippen LogP contribution in [0, 0.1) is 17.8 Å². The van der Waals surface area contributed by atoms with E-state index in [1.54, 1.807) is 6.92 Å². The molecule has 0 aromatic rings. The molecule has 2 rings (SSSR count). The van der Waals surface area contributed by atoms with Crippen molar-refractivity contribution in [3.8, 4) is 0 Å². The highest BCUT2D eigenvalue weighted by Crippen LogP contribution is 2.33. The van der Waals surface area contributed by atoms with Crippen LogP contribution in [0.4, 0.5) is 0 Å². The van der Waals surface area contributed by atoms with E-state index in [2.05, 4.69) is 13.5 Å². The number of aliphatic hydroxyl groups excluding tert-OH is 2. The van der Waals surface area contributed by atoms with Crippen LogP contribution in [-0.4, -0.2) is 52.5 Å². The minimum atomic E-state index is -1.03. The van der Waals surface area contributed by atoms with Crippen molar-refractivity contribution in [1.82, 2.24) is 0 Å². The molecule has 184 valence electrons. The summed E-state index contributed by atoms with van der Waals surface area (Å²) in [6.45, 7) is 11.7. The number of hydrogen-bond donors (Lipinski definition) is 2. The highest BCUT2D eigenvalue weighted by atomic mass is 16.5. The molecule has 2 heterocycles. The van der Waals surface area contributed by atoms with Crippen LogP contribution < -0.4 is 0 Å². The van der Waals surface area contributed by atoms with E-state index in [0.29, 0.717) is 38.0 Å². The summed E-state index contributed by atoms with van der Waals surface area (Å²) in [6, 6.07) is 0. The largest absolute Gasteiger partial charge is 0.462 e. The van der Waals surface area contributed by atoms with Crippen molar-refractivity contribution in [2.45, 2.75) is 122 Å². The van der Waals surface area contributed by atoms with Gasteiger partial charge in [-0.05, 0) is 51.4 Å². The molecule has 0 unspecified atom stereocenters. The second kappa shape index (κ2) is 12.9. The minimum Gasteiger partial charge on any atom is -0.462 e. The van der Waals surface area contributed by atoms with Crippen LogP contribution in [-0.2, 0) is 19.1 Å². The molecule has 2 aliphatic rings. The lowest BCUT2D eigenvalue weighted by Gasteiger charge is -2.24. The number of cyclic esters (lactones) is 1. The van der Waals surface area contributed by atoms with E-state index in [9.17, 15) is 19.8 Å². The Morgan fingerprint density at radius 3 is 2.44 bits per heavy atom. The Morgan fingerprint density at radius 2 is 1.75 bits per heavy atom. The summed E-state index contributed by atoms with van der Waals surface area (Å²) in [6.07, 6.45) is 5.02. The first-order chi connectivity index (χ1) is 15.1. The molecule has 8 atom stereocenters. The molecule has 2 fully saturated rings. The molecule has 0 aliphatic carbocycles. The summed E-state index contributed by atoms with van der Waals surface area (Å²) in [7, 11) is 0. The molecule has 6 heteroatoms. The van der Waals surface area contributed by atoms with Crippen molar-refractivity contribution in [3.05, 3.63) is 12.2 Å². The van der Waals surface area contributed by atoms with Gasteiger partial charge in [0, 0.05) is 18.8 Å². The summed E-state index contributed by atoms with van der Waals surface area (Å²) in [5.74, 6) is -0.532. The number of esters is 1. The van der Waals surface area contributed by atoms with Gasteiger partial charge in [0.2, 0.25) is 0 Å². The zero-order chi connectivity index (χ0) is 23.8. The Bertz CT molecular complexity index is 630. The van der Waals surface area contributed by atoms with Gasteiger partial charge in [0.05, 0.1) is 24.2 Å². The number of ether oxygens (including phenoxy) is 2. The number of carbonyl (C=O) groups is 2. The highest BCUT2D eigenvalue weighted by Gasteiger charge is 2.35. The van der Waals surface area contributed by atoms with Crippen LogP contribution in [0.15, 0.2) is 12.2 Å². The van der Waals surface area contributed by atoms with Gasteiger partial charge in [0.15, 0.2) is 5.78 Å². The number of aliphatic hydroxyl groups is 2. The highest BCUT2D eigenvalue weighted by molar-refractivity contribution is 5.85. The van der Waals surface area contributed by atoms with Crippen LogP contribution in [0.25, 0.3) is 0 Å². The first-order valence-electron chi connectivity index (χ1n) is 12.5. The number of Topliss-reactive ketones (excluding diaryl/α,β-unsaturated/α-hetero) is 1. The van der Waals surface area contributed by atoms with Crippen molar-refractivity contribution in [3.63, 3.8) is 0 Å². The maximum atomic E-state index is 12.8. The van der Waals surface area contributed by atoms with Crippen molar-refractivity contribution in [2.24, 2.45) is 17.8 Å². The van der Waals surface area contributed by atoms with E-state index < -0.39 is 12.2 Å². The van der Waals surface area contributed by atoms with Gasteiger partial charge in [-0.2, -0.15) is 0 Å². The Morgan fingerprint density at radius 1 is 1.06 bits per heavy atom. The second-order valence-electron chi connectivity index (χ2n) is 10.4. The maximum Gasteiger partial charge on any atom is 0.308 e. The average molecular weight is 453 g/mol. The number of hydrogen-bond acceptors (Lipinski definition) is 6. The van der Waals surface area contributed by atoms with Gasteiger partial charge in [-0.15, -0.1) is 0 Å². The van der Waals surface area contributed by atoms with Crippen molar-refractivity contribution >= 4 is 11.8 Å². The molecule has 0 radical (unpaired) electrons. The third kappa shape index (κ3) is 8.60. The predicted molar refractivity (Wildman–Crippen MR) is 124 cm³/mol. The van der Waals surface area contributed by atoms with Crippen LogP contribution in [0.5, 0.6) is 0 Å². The Labute approximate surface area is 193 Å². The van der Waals surface area contributed by atoms with Gasteiger partial charge < -0.3 is 19.7 Å². The molecule has 2 saturated heterocycles. The van der Waals surface area contributed by atoms with Gasteiger partial charge >= 0.3 is 5.97 Å². The third-order valence-electron chi connectivity index (χ3n) is 7.02. The standard InChI is InChI=1S/C26H44O6/c1-16-12-19(4)25(29)23(28)15-22-14-18(3)24(31-22)9-7-6-8-17(2)26(30)32-21(13-16)11-10-20(5)27/h17-24,27-28H,1,6-15H2,2-5H3/t17-,18-,19+,20-,21+,22+,23+,24-/m0/s1. The van der Waals surface area contributed by atoms with E-state index in [1.165, 1.54) is 0 Å². The van der Waals surface area contributed by atoms with E-state index in [-0.39, 0.29) is 41.9 Å². The fourth-order valence-electron chi connectivity index (χ4n) is 4.96. The normalized spacial score (nSPS) is 37.4. The monoisotopic (exact) mass is 452 g/mol. The summed E-state index contributed by atoms with van der Waals surface area (Å²) >= 11 is 0. The fourth-order valence-corrected chi connectivity index (χ4v) is 4.96. The number of rotatable bonds is 3. The van der Waals surface area contributed by atoms with E-state index in [4.69, 9.17) is 9.47 Å². The van der Waals surface area contributed by atoms with Gasteiger partial charge in [-0.1, -0.05) is 45.8 Å². The zero-order valence-electron chi connectivity index (χ0n) is 20.4. The molecule has 32 heavy (non-hydrogen) atoms. The summed E-state index contributed by atoms with van der Waals surface area (Å²) < 4.78 is 12.0. The Kier molecular flexibility index (Phi) is 10.8. The SMILES string of the molecule is C=C1C[C@@H](CC[C@H](C)O)OC(=O)[C@@H](C)CCCC[C@@H]2O[C@@H](C[C@@H](O)C(=O)[C@H](C)C1)C[C@@H]2C. The molecule has 2 aliphatic heterocycles. The van der Waals surface area contributed by atoms with Crippen molar-refractivity contribution < 1.29 is 29.3 Å². The molecular weight excluding hydrogens is 408 g/mol. The number of fused-ring (bicyclic) bond motifs is 2. The average Bonchev–Trinajstić information content (AvgIpc) is 3.06. The molecule has 2 bridgehead atoms. The number of carbonyl (C=O) groups excluding carboxylic acids is 2. The molecule has 0 saturated carbocycles.